The Kier molecular flexibility index (Phi) is 5.08. The zero-order chi connectivity index (χ0) is 21.3. The molecule has 4 rings (SSSR count). The van der Waals surface area contributed by atoms with Crippen molar-refractivity contribution in [3.8, 4) is 11.6 Å². The van der Waals surface area contributed by atoms with Crippen LogP contribution in [0.15, 0.2) is 83.7 Å². The van der Waals surface area contributed by atoms with E-state index in [2.05, 4.69) is 5.32 Å². The SMILES string of the molecule is O=C(NC(=O)c1c([O-])n(-c2cccc(Cl)c2)c(=O)c2ccccc12)c1ccccc1. The van der Waals surface area contributed by atoms with Crippen molar-refractivity contribution in [2.75, 3.05) is 0 Å². The van der Waals surface area contributed by atoms with Gasteiger partial charge >= 0.3 is 0 Å². The maximum Gasteiger partial charge on any atom is 0.262 e. The second kappa shape index (κ2) is 7.85. The summed E-state index contributed by atoms with van der Waals surface area (Å²) in [7, 11) is 0. The van der Waals surface area contributed by atoms with E-state index in [9.17, 15) is 19.5 Å². The molecule has 1 heterocycles. The van der Waals surface area contributed by atoms with Crippen molar-refractivity contribution in [3.63, 3.8) is 0 Å². The highest BCUT2D eigenvalue weighted by molar-refractivity contribution is 6.30. The summed E-state index contributed by atoms with van der Waals surface area (Å²) in [5.74, 6) is -2.37. The van der Waals surface area contributed by atoms with Crippen molar-refractivity contribution >= 4 is 34.2 Å². The maximum absolute atomic E-state index is 13.2. The molecule has 0 aliphatic heterocycles. The van der Waals surface area contributed by atoms with E-state index in [1.165, 1.54) is 18.2 Å². The number of hydrogen-bond acceptors (Lipinski definition) is 4. The maximum atomic E-state index is 13.2. The highest BCUT2D eigenvalue weighted by Gasteiger charge is 2.20. The van der Waals surface area contributed by atoms with Gasteiger partial charge in [-0.25, -0.2) is 0 Å². The highest BCUT2D eigenvalue weighted by atomic mass is 35.5. The van der Waals surface area contributed by atoms with Crippen LogP contribution in [0.25, 0.3) is 16.5 Å². The third kappa shape index (κ3) is 3.44. The van der Waals surface area contributed by atoms with Crippen molar-refractivity contribution < 1.29 is 14.7 Å². The first-order valence-corrected chi connectivity index (χ1v) is 9.36. The largest absolute Gasteiger partial charge is 0.859 e. The Bertz CT molecular complexity index is 1350. The van der Waals surface area contributed by atoms with Crippen LogP contribution >= 0.6 is 11.6 Å². The van der Waals surface area contributed by atoms with E-state index in [0.29, 0.717) is 5.02 Å². The lowest BCUT2D eigenvalue weighted by molar-refractivity contribution is -0.278. The summed E-state index contributed by atoms with van der Waals surface area (Å²) in [5.41, 5.74) is -0.379. The van der Waals surface area contributed by atoms with Crippen LogP contribution in [0.1, 0.15) is 20.7 Å². The standard InChI is InChI=1S/C23H15ClN2O4/c24-15-9-6-10-16(13-15)26-22(29)18-12-5-4-11-17(18)19(23(26)30)21(28)25-20(27)14-7-2-1-3-8-14/h1-13,30H,(H,25,27,28)/p-1. The monoisotopic (exact) mass is 417 g/mol. The molecule has 0 aliphatic rings. The molecular weight excluding hydrogens is 404 g/mol. The molecule has 0 saturated carbocycles. The van der Waals surface area contributed by atoms with Crippen LogP contribution < -0.4 is 16.0 Å². The molecule has 30 heavy (non-hydrogen) atoms. The van der Waals surface area contributed by atoms with Gasteiger partial charge in [0, 0.05) is 27.0 Å². The lowest BCUT2D eigenvalue weighted by Crippen LogP contribution is -2.33. The summed E-state index contributed by atoms with van der Waals surface area (Å²) in [6, 6.07) is 20.6. The van der Waals surface area contributed by atoms with Crippen molar-refractivity contribution in [3.05, 3.63) is 105 Å². The van der Waals surface area contributed by atoms with Gasteiger partial charge in [0.2, 0.25) is 0 Å². The van der Waals surface area contributed by atoms with Crippen LogP contribution in [0.3, 0.4) is 0 Å². The fourth-order valence-corrected chi connectivity index (χ4v) is 3.41. The van der Waals surface area contributed by atoms with Gasteiger partial charge in [0.25, 0.3) is 17.4 Å². The van der Waals surface area contributed by atoms with Crippen LogP contribution in [0.2, 0.25) is 5.02 Å². The molecular formula is C23H14ClN2O4-. The molecule has 1 N–H and O–H groups in total. The minimum Gasteiger partial charge on any atom is -0.859 e. The average molecular weight is 418 g/mol. The predicted octanol–water partition coefficient (Wildman–Crippen LogP) is 3.29. The quantitative estimate of drug-likeness (QED) is 0.518. The number of nitrogens with one attached hydrogen (secondary N) is 1. The molecule has 148 valence electrons. The smallest absolute Gasteiger partial charge is 0.262 e. The Morgan fingerprint density at radius 1 is 0.833 bits per heavy atom. The average Bonchev–Trinajstić information content (AvgIpc) is 2.74. The van der Waals surface area contributed by atoms with Gasteiger partial charge in [-0.1, -0.05) is 54.1 Å². The normalized spacial score (nSPS) is 10.7. The number of aromatic nitrogens is 1. The third-order valence-electron chi connectivity index (χ3n) is 4.60. The van der Waals surface area contributed by atoms with Gasteiger partial charge in [0.15, 0.2) is 0 Å². The number of carbonyl (C=O) groups is 2. The lowest BCUT2D eigenvalue weighted by Gasteiger charge is -2.22. The molecule has 0 unspecified atom stereocenters. The van der Waals surface area contributed by atoms with E-state index < -0.39 is 23.3 Å². The molecule has 0 aliphatic carbocycles. The number of hydrogen-bond donors (Lipinski definition) is 1. The van der Waals surface area contributed by atoms with Crippen LogP contribution in [-0.2, 0) is 0 Å². The van der Waals surface area contributed by atoms with Crippen LogP contribution in [0, 0.1) is 0 Å². The summed E-state index contributed by atoms with van der Waals surface area (Å²) < 4.78 is 0.885. The first kappa shape index (κ1) is 19.4. The molecule has 0 spiro atoms. The summed E-state index contributed by atoms with van der Waals surface area (Å²) >= 11 is 6.02. The Hall–Kier alpha value is -3.90. The van der Waals surface area contributed by atoms with Crippen molar-refractivity contribution in [2.45, 2.75) is 0 Å². The molecule has 4 aromatic rings. The van der Waals surface area contributed by atoms with Crippen molar-refractivity contribution in [1.82, 2.24) is 9.88 Å². The van der Waals surface area contributed by atoms with Crippen LogP contribution in [0.4, 0.5) is 0 Å². The number of nitrogens with zero attached hydrogens (tertiary/aromatic N) is 1. The third-order valence-corrected chi connectivity index (χ3v) is 4.84. The second-order valence-corrected chi connectivity index (χ2v) is 6.93. The number of pyridine rings is 1. The molecule has 0 atom stereocenters. The van der Waals surface area contributed by atoms with Crippen LogP contribution in [0.5, 0.6) is 5.88 Å². The van der Waals surface area contributed by atoms with Gasteiger partial charge in [-0.05, 0) is 42.3 Å². The number of imide groups is 1. The summed E-state index contributed by atoms with van der Waals surface area (Å²) in [4.78, 5) is 38.4. The minimum absolute atomic E-state index is 0.170. The second-order valence-electron chi connectivity index (χ2n) is 6.50. The molecule has 0 bridgehead atoms. The number of amides is 2. The van der Waals surface area contributed by atoms with E-state index >= 15 is 0 Å². The molecule has 0 saturated heterocycles. The Morgan fingerprint density at radius 2 is 1.50 bits per heavy atom. The lowest BCUT2D eigenvalue weighted by atomic mass is 10.1. The van der Waals surface area contributed by atoms with E-state index in [1.807, 2.05) is 0 Å². The van der Waals surface area contributed by atoms with Gasteiger partial charge in [-0.2, -0.15) is 0 Å². The number of rotatable bonds is 3. The van der Waals surface area contributed by atoms with Gasteiger partial charge in [0.05, 0.1) is 5.56 Å². The number of halogens is 1. The molecule has 2 amide bonds. The van der Waals surface area contributed by atoms with Crippen molar-refractivity contribution in [1.29, 1.82) is 0 Å². The fraction of sp³-hybridized carbons (Fsp3) is 0. The molecule has 0 fully saturated rings. The number of benzene rings is 3. The van der Waals surface area contributed by atoms with E-state index in [4.69, 9.17) is 11.6 Å². The Labute approximate surface area is 176 Å². The summed E-state index contributed by atoms with van der Waals surface area (Å²) in [6.45, 7) is 0. The highest BCUT2D eigenvalue weighted by Crippen LogP contribution is 2.26. The Morgan fingerprint density at radius 3 is 2.20 bits per heavy atom. The predicted molar refractivity (Wildman–Crippen MR) is 112 cm³/mol. The van der Waals surface area contributed by atoms with Gasteiger partial charge < -0.3 is 5.11 Å². The van der Waals surface area contributed by atoms with Gasteiger partial charge in [0.1, 0.15) is 0 Å². The first-order valence-electron chi connectivity index (χ1n) is 8.99. The number of carbonyl (C=O) groups excluding carboxylic acids is 2. The molecule has 0 radical (unpaired) electrons. The fourth-order valence-electron chi connectivity index (χ4n) is 3.22. The summed E-state index contributed by atoms with van der Waals surface area (Å²) in [5, 5.41) is 16.1. The topological polar surface area (TPSA) is 91.2 Å². The van der Waals surface area contributed by atoms with Gasteiger partial charge in [-0.3, -0.25) is 24.3 Å². The van der Waals surface area contributed by atoms with Gasteiger partial charge in [-0.15, -0.1) is 0 Å². The van der Waals surface area contributed by atoms with E-state index in [-0.39, 0.29) is 27.6 Å². The molecule has 1 aromatic heterocycles. The zero-order valence-electron chi connectivity index (χ0n) is 15.5. The van der Waals surface area contributed by atoms with E-state index in [1.54, 1.807) is 60.7 Å². The minimum atomic E-state index is -0.888. The first-order chi connectivity index (χ1) is 14.5. The summed E-state index contributed by atoms with van der Waals surface area (Å²) in [6.07, 6.45) is 0. The Balaban J connectivity index is 1.90. The zero-order valence-corrected chi connectivity index (χ0v) is 16.2. The molecule has 6 nitrogen and oxygen atoms in total. The number of fused-ring (bicyclic) bond motifs is 1. The van der Waals surface area contributed by atoms with E-state index in [0.717, 1.165) is 4.57 Å². The molecule has 3 aromatic carbocycles. The van der Waals surface area contributed by atoms with Crippen LogP contribution in [-0.4, -0.2) is 16.4 Å². The molecule has 7 heteroatoms. The van der Waals surface area contributed by atoms with Crippen molar-refractivity contribution in [2.24, 2.45) is 0 Å².